The number of nitrogens with two attached hydrogens (primary N) is 1. The summed E-state index contributed by atoms with van der Waals surface area (Å²) in [6, 6.07) is 4.80. The number of carbonyl (C=O) groups is 2. The van der Waals surface area contributed by atoms with Gasteiger partial charge in [0.1, 0.15) is 0 Å². The van der Waals surface area contributed by atoms with Crippen LogP contribution in [0, 0.1) is 10.1 Å². The molecule has 0 heterocycles. The molecule has 0 aliphatic heterocycles. The fourth-order valence-corrected chi connectivity index (χ4v) is 1.87. The highest BCUT2D eigenvalue weighted by Crippen LogP contribution is 2.15. The minimum atomic E-state index is -0.668. The van der Waals surface area contributed by atoms with Crippen molar-refractivity contribution in [1.82, 2.24) is 4.90 Å². The third kappa shape index (κ3) is 5.13. The van der Waals surface area contributed by atoms with Crippen LogP contribution in [0.1, 0.15) is 20.3 Å². The second-order valence-electron chi connectivity index (χ2n) is 4.90. The Morgan fingerprint density at radius 2 is 1.95 bits per heavy atom. The number of nitro benzene ring substituents is 1. The molecule has 1 aromatic rings. The zero-order valence-electron chi connectivity index (χ0n) is 12.6. The maximum Gasteiger partial charge on any atom is 0.269 e. The number of amides is 2. The van der Waals surface area contributed by atoms with Gasteiger partial charge in [-0.3, -0.25) is 19.7 Å². The van der Waals surface area contributed by atoms with E-state index in [1.54, 1.807) is 6.92 Å². The molecule has 0 saturated heterocycles. The highest BCUT2D eigenvalue weighted by Gasteiger charge is 2.19. The van der Waals surface area contributed by atoms with Gasteiger partial charge in [0.25, 0.3) is 5.69 Å². The highest BCUT2D eigenvalue weighted by atomic mass is 16.6. The predicted octanol–water partition coefficient (Wildman–Crippen LogP) is 1.12. The highest BCUT2D eigenvalue weighted by molar-refractivity contribution is 5.95. The van der Waals surface area contributed by atoms with Gasteiger partial charge in [0.2, 0.25) is 11.8 Å². The SMILES string of the molecule is CCCN(CC(=O)Nc1ccc([N+](=O)[O-])cc1)C(=O)[C@H](C)N. The van der Waals surface area contributed by atoms with Crippen molar-refractivity contribution in [3.8, 4) is 0 Å². The number of nitrogens with zero attached hydrogens (tertiary/aromatic N) is 2. The van der Waals surface area contributed by atoms with Gasteiger partial charge in [-0.2, -0.15) is 0 Å². The molecule has 22 heavy (non-hydrogen) atoms. The Morgan fingerprint density at radius 1 is 1.36 bits per heavy atom. The molecule has 3 N–H and O–H groups in total. The van der Waals surface area contributed by atoms with Gasteiger partial charge in [0.15, 0.2) is 0 Å². The molecule has 0 unspecified atom stereocenters. The summed E-state index contributed by atoms with van der Waals surface area (Å²) in [7, 11) is 0. The van der Waals surface area contributed by atoms with Crippen LogP contribution in [0.4, 0.5) is 11.4 Å². The van der Waals surface area contributed by atoms with Crippen molar-refractivity contribution in [2.24, 2.45) is 5.73 Å². The second kappa shape index (κ2) is 8.08. The Kier molecular flexibility index (Phi) is 6.46. The number of nitrogens with one attached hydrogen (secondary N) is 1. The lowest BCUT2D eigenvalue weighted by Crippen LogP contribution is -2.45. The number of carbonyl (C=O) groups excluding carboxylic acids is 2. The van der Waals surface area contributed by atoms with Crippen molar-refractivity contribution in [2.45, 2.75) is 26.3 Å². The summed E-state index contributed by atoms with van der Waals surface area (Å²) in [4.78, 5) is 35.3. The predicted molar refractivity (Wildman–Crippen MR) is 82.2 cm³/mol. The van der Waals surface area contributed by atoms with E-state index in [0.717, 1.165) is 0 Å². The summed E-state index contributed by atoms with van der Waals surface area (Å²) in [5.74, 6) is -0.669. The van der Waals surface area contributed by atoms with Crippen LogP contribution in [-0.4, -0.2) is 40.8 Å². The zero-order valence-corrected chi connectivity index (χ0v) is 12.6. The number of hydrogen-bond donors (Lipinski definition) is 2. The molecule has 1 aromatic carbocycles. The smallest absolute Gasteiger partial charge is 0.269 e. The number of hydrogen-bond acceptors (Lipinski definition) is 5. The van der Waals surface area contributed by atoms with E-state index in [0.29, 0.717) is 18.7 Å². The Morgan fingerprint density at radius 3 is 2.41 bits per heavy atom. The van der Waals surface area contributed by atoms with E-state index < -0.39 is 11.0 Å². The monoisotopic (exact) mass is 308 g/mol. The molecule has 0 bridgehead atoms. The lowest BCUT2D eigenvalue weighted by molar-refractivity contribution is -0.384. The fraction of sp³-hybridized carbons (Fsp3) is 0.429. The summed E-state index contributed by atoms with van der Waals surface area (Å²) in [5, 5.41) is 13.1. The molecule has 1 rings (SSSR count). The largest absolute Gasteiger partial charge is 0.332 e. The second-order valence-corrected chi connectivity index (χ2v) is 4.90. The van der Waals surface area contributed by atoms with Crippen LogP contribution in [0.25, 0.3) is 0 Å². The summed E-state index contributed by atoms with van der Waals surface area (Å²) >= 11 is 0. The first kappa shape index (κ1) is 17.6. The van der Waals surface area contributed by atoms with Gasteiger partial charge < -0.3 is 16.0 Å². The van der Waals surface area contributed by atoms with Crippen molar-refractivity contribution in [2.75, 3.05) is 18.4 Å². The first-order chi connectivity index (χ1) is 10.3. The summed E-state index contributed by atoms with van der Waals surface area (Å²) in [6.07, 6.45) is 0.712. The van der Waals surface area contributed by atoms with Gasteiger partial charge in [-0.1, -0.05) is 6.92 Å². The Bertz CT molecular complexity index is 542. The van der Waals surface area contributed by atoms with Crippen LogP contribution < -0.4 is 11.1 Å². The van der Waals surface area contributed by atoms with E-state index in [-0.39, 0.29) is 24.0 Å². The van der Waals surface area contributed by atoms with Gasteiger partial charge in [-0.05, 0) is 25.5 Å². The van der Waals surface area contributed by atoms with Crippen molar-refractivity contribution in [1.29, 1.82) is 0 Å². The molecule has 0 radical (unpaired) electrons. The summed E-state index contributed by atoms with van der Waals surface area (Å²) in [6.45, 7) is 3.80. The van der Waals surface area contributed by atoms with Crippen molar-refractivity contribution < 1.29 is 14.5 Å². The molecule has 8 nitrogen and oxygen atoms in total. The quantitative estimate of drug-likeness (QED) is 0.578. The lowest BCUT2D eigenvalue weighted by atomic mass is 10.2. The Hall–Kier alpha value is -2.48. The normalized spacial score (nSPS) is 11.6. The van der Waals surface area contributed by atoms with E-state index in [1.807, 2.05) is 6.92 Å². The van der Waals surface area contributed by atoms with E-state index >= 15 is 0 Å². The van der Waals surface area contributed by atoms with Gasteiger partial charge in [0.05, 0.1) is 17.5 Å². The third-order valence-electron chi connectivity index (χ3n) is 2.89. The Labute approximate surface area is 128 Å². The molecular formula is C14H20N4O4. The number of rotatable bonds is 7. The van der Waals surface area contributed by atoms with Crippen molar-refractivity contribution >= 4 is 23.2 Å². The van der Waals surface area contributed by atoms with Crippen LogP contribution in [0.15, 0.2) is 24.3 Å². The summed E-state index contributed by atoms with van der Waals surface area (Å²) in [5.41, 5.74) is 5.93. The van der Waals surface area contributed by atoms with Gasteiger partial charge >= 0.3 is 0 Å². The maximum atomic E-state index is 12.0. The van der Waals surface area contributed by atoms with Gasteiger partial charge in [-0.15, -0.1) is 0 Å². The molecule has 8 heteroatoms. The van der Waals surface area contributed by atoms with Crippen LogP contribution in [0.2, 0.25) is 0 Å². The molecule has 120 valence electrons. The molecule has 0 spiro atoms. The van der Waals surface area contributed by atoms with E-state index in [4.69, 9.17) is 5.73 Å². The fourth-order valence-electron chi connectivity index (χ4n) is 1.87. The van der Waals surface area contributed by atoms with E-state index in [2.05, 4.69) is 5.32 Å². The number of benzene rings is 1. The minimum Gasteiger partial charge on any atom is -0.332 e. The van der Waals surface area contributed by atoms with Crippen molar-refractivity contribution in [3.05, 3.63) is 34.4 Å². The lowest BCUT2D eigenvalue weighted by Gasteiger charge is -2.23. The average molecular weight is 308 g/mol. The third-order valence-corrected chi connectivity index (χ3v) is 2.89. The Balaban J connectivity index is 2.66. The number of non-ortho nitro benzene ring substituents is 1. The van der Waals surface area contributed by atoms with Crippen molar-refractivity contribution in [3.63, 3.8) is 0 Å². The van der Waals surface area contributed by atoms with Crippen LogP contribution in [0.5, 0.6) is 0 Å². The topological polar surface area (TPSA) is 119 Å². The standard InChI is InChI=1S/C14H20N4O4/c1-3-8-17(14(20)10(2)15)9-13(19)16-11-4-6-12(7-5-11)18(21)22/h4-7,10H,3,8-9,15H2,1-2H3,(H,16,19)/t10-/m0/s1. The molecule has 0 fully saturated rings. The molecule has 0 aliphatic carbocycles. The molecule has 0 saturated carbocycles. The van der Waals surface area contributed by atoms with Crippen LogP contribution in [0.3, 0.4) is 0 Å². The van der Waals surface area contributed by atoms with E-state index in [1.165, 1.54) is 29.2 Å². The molecule has 0 aliphatic rings. The first-order valence-electron chi connectivity index (χ1n) is 6.93. The van der Waals surface area contributed by atoms with Gasteiger partial charge in [0, 0.05) is 24.4 Å². The van der Waals surface area contributed by atoms with Crippen LogP contribution in [-0.2, 0) is 9.59 Å². The molecular weight excluding hydrogens is 288 g/mol. The minimum absolute atomic E-state index is 0.0576. The first-order valence-corrected chi connectivity index (χ1v) is 6.93. The van der Waals surface area contributed by atoms with E-state index in [9.17, 15) is 19.7 Å². The molecule has 2 amide bonds. The zero-order chi connectivity index (χ0) is 16.7. The maximum absolute atomic E-state index is 12.0. The summed E-state index contributed by atoms with van der Waals surface area (Å²) < 4.78 is 0. The molecule has 1 atom stereocenters. The van der Waals surface area contributed by atoms with Gasteiger partial charge in [-0.25, -0.2) is 0 Å². The number of anilines is 1. The number of nitro groups is 1. The average Bonchev–Trinajstić information content (AvgIpc) is 2.46. The molecule has 0 aromatic heterocycles. The van der Waals surface area contributed by atoms with Crippen LogP contribution >= 0.6 is 0 Å².